The summed E-state index contributed by atoms with van der Waals surface area (Å²) in [7, 11) is 0. The number of hydrogen-bond donors (Lipinski definition) is 1. The van der Waals surface area contributed by atoms with E-state index in [4.69, 9.17) is 4.74 Å². The molecule has 0 spiro atoms. The summed E-state index contributed by atoms with van der Waals surface area (Å²) < 4.78 is 4.90. The van der Waals surface area contributed by atoms with Gasteiger partial charge in [0.15, 0.2) is 0 Å². The Bertz CT molecular complexity index is 178. The molecule has 0 unspecified atom stereocenters. The van der Waals surface area contributed by atoms with Crippen LogP contribution in [0, 0.1) is 0 Å². The number of carbonyl (C=O) groups is 1. The van der Waals surface area contributed by atoms with Crippen LogP contribution in [0.4, 0.5) is 0 Å². The van der Waals surface area contributed by atoms with E-state index in [2.05, 4.69) is 28.2 Å². The van der Waals surface area contributed by atoms with E-state index in [0.717, 1.165) is 32.5 Å². The summed E-state index contributed by atoms with van der Waals surface area (Å²) in [6.45, 7) is 8.04. The fourth-order valence-electron chi connectivity index (χ4n) is 0.935. The Kier molecular flexibility index (Phi) is 8.06. The molecule has 0 aromatic rings. The third-order valence-corrected chi connectivity index (χ3v) is 2.29. The molecule has 1 amide bonds. The van der Waals surface area contributed by atoms with Gasteiger partial charge in [0.25, 0.3) is 0 Å². The molecule has 0 rings (SSSR count). The van der Waals surface area contributed by atoms with Crippen molar-refractivity contribution in [1.29, 1.82) is 0 Å². The molecule has 0 saturated heterocycles. The third-order valence-electron chi connectivity index (χ3n) is 1.93. The van der Waals surface area contributed by atoms with Crippen molar-refractivity contribution in [2.24, 2.45) is 0 Å². The van der Waals surface area contributed by atoms with Gasteiger partial charge in [0.1, 0.15) is 0 Å². The van der Waals surface area contributed by atoms with Gasteiger partial charge in [-0.2, -0.15) is 0 Å². The number of unbranched alkanes of at least 4 members (excludes halogenated alkanes) is 1. The number of nitrogens with one attached hydrogen (secondary N) is 1. The molecule has 0 aliphatic heterocycles. The van der Waals surface area contributed by atoms with Crippen molar-refractivity contribution in [3.05, 3.63) is 0 Å². The second kappa shape index (κ2) is 8.11. The molecule has 3 nitrogen and oxygen atoms in total. The molecule has 0 radical (unpaired) electrons. The summed E-state index contributed by atoms with van der Waals surface area (Å²) in [5, 5.41) is 2.85. The van der Waals surface area contributed by atoms with Crippen molar-refractivity contribution in [2.45, 2.75) is 44.4 Å². The second-order valence-corrected chi connectivity index (χ2v) is 6.03. The normalized spacial score (nSPS) is 11.5. The maximum absolute atomic E-state index is 11.4. The van der Waals surface area contributed by atoms with Gasteiger partial charge in [-0.05, 0) is 26.7 Å². The molecule has 0 atom stereocenters. The van der Waals surface area contributed by atoms with Crippen LogP contribution in [0.1, 0.15) is 40.0 Å². The smallest absolute Gasteiger partial charge is 0.236 e. The lowest BCUT2D eigenvalue weighted by Crippen LogP contribution is -2.38. The Balaban J connectivity index is 3.28. The Morgan fingerprint density at radius 2 is 1.93 bits per heavy atom. The monoisotopic (exact) mass is 279 g/mol. The van der Waals surface area contributed by atoms with Crippen LogP contribution in [-0.4, -0.2) is 30.0 Å². The maximum Gasteiger partial charge on any atom is 0.236 e. The minimum atomic E-state index is -0.476. The minimum Gasteiger partial charge on any atom is -0.381 e. The maximum atomic E-state index is 11.4. The number of alkyl halides is 1. The van der Waals surface area contributed by atoms with Gasteiger partial charge in [0.05, 0.1) is 4.32 Å². The zero-order valence-electron chi connectivity index (χ0n) is 9.94. The standard InChI is InChI=1S/C11H22BrNO2/c1-4-5-8-15-9-6-7-13-10(14)11(2,3)12/h4-9H2,1-3H3,(H,13,14). The lowest BCUT2D eigenvalue weighted by Gasteiger charge is -2.15. The largest absolute Gasteiger partial charge is 0.381 e. The van der Waals surface area contributed by atoms with Crippen molar-refractivity contribution >= 4 is 21.8 Å². The van der Waals surface area contributed by atoms with Crippen LogP contribution >= 0.6 is 15.9 Å². The van der Waals surface area contributed by atoms with Gasteiger partial charge in [-0.15, -0.1) is 0 Å². The topological polar surface area (TPSA) is 38.3 Å². The average molecular weight is 280 g/mol. The SMILES string of the molecule is CCCCOCCCNC(=O)C(C)(C)Br. The highest BCUT2D eigenvalue weighted by molar-refractivity contribution is 9.10. The third kappa shape index (κ3) is 8.88. The first-order chi connectivity index (χ1) is 6.98. The molecule has 0 bridgehead atoms. The highest BCUT2D eigenvalue weighted by Gasteiger charge is 2.22. The molecule has 0 aromatic heterocycles. The molecule has 0 aliphatic rings. The molecule has 90 valence electrons. The minimum absolute atomic E-state index is 0.0241. The molecule has 0 aromatic carbocycles. The number of ether oxygens (including phenoxy) is 1. The van der Waals surface area contributed by atoms with Crippen LogP contribution in [0.25, 0.3) is 0 Å². The van der Waals surface area contributed by atoms with E-state index < -0.39 is 4.32 Å². The lowest BCUT2D eigenvalue weighted by molar-refractivity contribution is -0.122. The Morgan fingerprint density at radius 1 is 1.33 bits per heavy atom. The van der Waals surface area contributed by atoms with Crippen LogP contribution in [0.3, 0.4) is 0 Å². The summed E-state index contributed by atoms with van der Waals surface area (Å²) in [5.41, 5.74) is 0. The summed E-state index contributed by atoms with van der Waals surface area (Å²) in [5.74, 6) is 0.0241. The number of amides is 1. The first kappa shape index (κ1) is 14.9. The predicted octanol–water partition coefficient (Wildman–Crippen LogP) is 2.48. The zero-order chi connectivity index (χ0) is 11.7. The highest BCUT2D eigenvalue weighted by atomic mass is 79.9. The van der Waals surface area contributed by atoms with Crippen molar-refractivity contribution in [3.8, 4) is 0 Å². The van der Waals surface area contributed by atoms with Crippen LogP contribution < -0.4 is 5.32 Å². The van der Waals surface area contributed by atoms with E-state index in [1.54, 1.807) is 0 Å². The molecule has 0 saturated carbocycles. The first-order valence-electron chi connectivity index (χ1n) is 5.53. The molecular formula is C11H22BrNO2. The number of carbonyl (C=O) groups excluding carboxylic acids is 1. The van der Waals surface area contributed by atoms with Crippen molar-refractivity contribution in [1.82, 2.24) is 5.32 Å². The van der Waals surface area contributed by atoms with Crippen LogP contribution in [-0.2, 0) is 9.53 Å². The van der Waals surface area contributed by atoms with Gasteiger partial charge in [-0.3, -0.25) is 4.79 Å². The molecule has 1 N–H and O–H groups in total. The molecule has 0 aliphatic carbocycles. The molecule has 4 heteroatoms. The summed E-state index contributed by atoms with van der Waals surface area (Å²) >= 11 is 3.30. The van der Waals surface area contributed by atoms with E-state index in [-0.39, 0.29) is 5.91 Å². The van der Waals surface area contributed by atoms with Crippen molar-refractivity contribution in [3.63, 3.8) is 0 Å². The zero-order valence-corrected chi connectivity index (χ0v) is 11.5. The molecule has 15 heavy (non-hydrogen) atoms. The fraction of sp³-hybridized carbons (Fsp3) is 0.909. The van der Waals surface area contributed by atoms with Crippen molar-refractivity contribution < 1.29 is 9.53 Å². The van der Waals surface area contributed by atoms with Crippen LogP contribution in [0.15, 0.2) is 0 Å². The molecular weight excluding hydrogens is 258 g/mol. The summed E-state index contributed by atoms with van der Waals surface area (Å²) in [4.78, 5) is 11.4. The van der Waals surface area contributed by atoms with Gasteiger partial charge >= 0.3 is 0 Å². The van der Waals surface area contributed by atoms with Gasteiger partial charge in [0, 0.05) is 19.8 Å². The first-order valence-corrected chi connectivity index (χ1v) is 6.32. The summed E-state index contributed by atoms with van der Waals surface area (Å²) in [6.07, 6.45) is 3.15. The average Bonchev–Trinajstić information content (AvgIpc) is 2.14. The van der Waals surface area contributed by atoms with E-state index in [0.29, 0.717) is 6.54 Å². The Labute approximate surface area is 101 Å². The van der Waals surface area contributed by atoms with Gasteiger partial charge in [-0.1, -0.05) is 29.3 Å². The molecule has 0 fully saturated rings. The van der Waals surface area contributed by atoms with Gasteiger partial charge in [-0.25, -0.2) is 0 Å². The number of rotatable bonds is 8. The second-order valence-electron chi connectivity index (χ2n) is 4.05. The van der Waals surface area contributed by atoms with Crippen LogP contribution in [0.2, 0.25) is 0 Å². The molecule has 0 heterocycles. The van der Waals surface area contributed by atoms with E-state index >= 15 is 0 Å². The Morgan fingerprint density at radius 3 is 2.47 bits per heavy atom. The van der Waals surface area contributed by atoms with E-state index in [1.165, 1.54) is 0 Å². The van der Waals surface area contributed by atoms with E-state index in [9.17, 15) is 4.79 Å². The van der Waals surface area contributed by atoms with E-state index in [1.807, 2.05) is 13.8 Å². The summed E-state index contributed by atoms with van der Waals surface area (Å²) in [6, 6.07) is 0. The lowest BCUT2D eigenvalue weighted by atomic mass is 10.2. The number of hydrogen-bond acceptors (Lipinski definition) is 2. The fourth-order valence-corrected chi connectivity index (χ4v) is 1.07. The Hall–Kier alpha value is -0.0900. The number of halogens is 1. The highest BCUT2D eigenvalue weighted by Crippen LogP contribution is 2.14. The van der Waals surface area contributed by atoms with Gasteiger partial charge in [0.2, 0.25) is 5.91 Å². The van der Waals surface area contributed by atoms with Crippen LogP contribution in [0.5, 0.6) is 0 Å². The van der Waals surface area contributed by atoms with Crippen molar-refractivity contribution in [2.75, 3.05) is 19.8 Å². The quantitative estimate of drug-likeness (QED) is 0.548. The van der Waals surface area contributed by atoms with Gasteiger partial charge < -0.3 is 10.1 Å². The predicted molar refractivity (Wildman–Crippen MR) is 66.4 cm³/mol.